The number of aryl methyl sites for hydroxylation is 2. The molecule has 6 nitrogen and oxygen atoms in total. The van der Waals surface area contributed by atoms with Crippen molar-refractivity contribution in [3.63, 3.8) is 0 Å². The molecule has 0 spiro atoms. The number of ether oxygens (including phenoxy) is 1. The molecule has 4 atom stereocenters. The van der Waals surface area contributed by atoms with Gasteiger partial charge in [0, 0.05) is 5.56 Å². The van der Waals surface area contributed by atoms with E-state index in [1.165, 1.54) is 12.1 Å². The van der Waals surface area contributed by atoms with Crippen molar-refractivity contribution in [3.05, 3.63) is 70.8 Å². The van der Waals surface area contributed by atoms with E-state index in [1.54, 1.807) is 36.4 Å². The summed E-state index contributed by atoms with van der Waals surface area (Å²) in [5, 5.41) is 29.2. The number of benzene rings is 2. The molecule has 7 heteroatoms. The summed E-state index contributed by atoms with van der Waals surface area (Å²) < 4.78 is 5.10. The van der Waals surface area contributed by atoms with Crippen molar-refractivity contribution in [3.8, 4) is 0 Å². The molecule has 2 aromatic rings. The summed E-state index contributed by atoms with van der Waals surface area (Å²) in [6, 6.07) is 12.9. The van der Waals surface area contributed by atoms with Gasteiger partial charge in [-0.1, -0.05) is 71.3 Å². The first-order valence-corrected chi connectivity index (χ1v) is 9.12. The fraction of sp³-hybridized carbons (Fsp3) is 0.333. The van der Waals surface area contributed by atoms with Gasteiger partial charge in [0.25, 0.3) is 0 Å². The minimum Gasteiger partial charge on any atom is -0.380 e. The van der Waals surface area contributed by atoms with Crippen LogP contribution >= 0.6 is 11.6 Å². The highest BCUT2D eigenvalue weighted by Crippen LogP contribution is 2.43. The fourth-order valence-electron chi connectivity index (χ4n) is 3.25. The number of carbonyl (C=O) groups is 2. The molecule has 1 fully saturated rings. The molecule has 3 N–H and O–H groups in total. The number of Topliss-reactive ketones (excluding diaryl/α,β-unsaturated/α-hetero) is 2. The lowest BCUT2D eigenvalue weighted by Crippen LogP contribution is -2.51. The van der Waals surface area contributed by atoms with Crippen LogP contribution in [0.15, 0.2) is 48.5 Å². The Kier molecular flexibility index (Phi) is 5.44. The van der Waals surface area contributed by atoms with E-state index >= 15 is 0 Å². The number of aliphatic hydroxyl groups is 3. The first-order valence-electron chi connectivity index (χ1n) is 8.75. The third kappa shape index (κ3) is 3.87. The van der Waals surface area contributed by atoms with Crippen LogP contribution in [0.2, 0.25) is 0 Å². The van der Waals surface area contributed by atoms with Gasteiger partial charge in [-0.25, -0.2) is 0 Å². The van der Waals surface area contributed by atoms with E-state index in [0.29, 0.717) is 0 Å². The Balaban J connectivity index is 1.94. The first-order chi connectivity index (χ1) is 13.0. The van der Waals surface area contributed by atoms with E-state index in [4.69, 9.17) is 16.3 Å². The molecule has 3 rings (SSSR count). The molecule has 28 heavy (non-hydrogen) atoms. The summed E-state index contributed by atoms with van der Waals surface area (Å²) in [6.45, 7) is 3.69. The molecule has 0 amide bonds. The maximum Gasteiger partial charge on any atom is 0.249 e. The van der Waals surface area contributed by atoms with E-state index in [9.17, 15) is 24.9 Å². The maximum atomic E-state index is 13.0. The second-order valence-electron chi connectivity index (χ2n) is 7.20. The normalized spacial score (nSPS) is 28.1. The molecule has 0 aliphatic carbocycles. The number of halogens is 1. The first kappa shape index (κ1) is 20.6. The van der Waals surface area contributed by atoms with E-state index in [1.807, 2.05) is 13.8 Å². The van der Waals surface area contributed by atoms with Crippen LogP contribution in [-0.2, 0) is 9.53 Å². The lowest BCUT2D eigenvalue weighted by atomic mass is 9.82. The average Bonchev–Trinajstić information content (AvgIpc) is 2.91. The third-order valence-electron chi connectivity index (χ3n) is 4.85. The van der Waals surface area contributed by atoms with Crippen LogP contribution in [0, 0.1) is 13.8 Å². The molecule has 1 aliphatic heterocycles. The van der Waals surface area contributed by atoms with Crippen LogP contribution in [0.3, 0.4) is 0 Å². The van der Waals surface area contributed by atoms with Crippen molar-refractivity contribution >= 4 is 23.2 Å². The number of aliphatic hydroxyl groups excluding tert-OH is 1. The van der Waals surface area contributed by atoms with Crippen LogP contribution in [-0.4, -0.2) is 43.8 Å². The summed E-state index contributed by atoms with van der Waals surface area (Å²) in [6.07, 6.45) is -4.21. The topological polar surface area (TPSA) is 104 Å². The minimum absolute atomic E-state index is 0.133. The van der Waals surface area contributed by atoms with Crippen LogP contribution in [0.5, 0.6) is 0 Å². The number of ketones is 2. The third-order valence-corrected chi connectivity index (χ3v) is 5.07. The van der Waals surface area contributed by atoms with Crippen LogP contribution in [0.4, 0.5) is 0 Å². The molecule has 1 heterocycles. The van der Waals surface area contributed by atoms with Crippen molar-refractivity contribution in [2.45, 2.75) is 43.3 Å². The molecule has 1 saturated heterocycles. The Hall–Kier alpha value is -2.09. The van der Waals surface area contributed by atoms with Gasteiger partial charge in [0.15, 0.2) is 23.3 Å². The van der Waals surface area contributed by atoms with E-state index in [2.05, 4.69) is 0 Å². The number of hydrogen-bond donors (Lipinski definition) is 3. The van der Waals surface area contributed by atoms with Gasteiger partial charge in [0.05, 0.1) is 6.42 Å². The number of alkyl halides is 1. The number of hydrogen-bond acceptors (Lipinski definition) is 6. The molecule has 0 bridgehead atoms. The van der Waals surface area contributed by atoms with E-state index < -0.39 is 41.0 Å². The molecular formula is C21H21ClO6. The van der Waals surface area contributed by atoms with Gasteiger partial charge >= 0.3 is 0 Å². The van der Waals surface area contributed by atoms with Gasteiger partial charge in [-0.2, -0.15) is 0 Å². The van der Waals surface area contributed by atoms with Crippen molar-refractivity contribution in [2.75, 3.05) is 0 Å². The lowest BCUT2D eigenvalue weighted by Gasteiger charge is -2.27. The summed E-state index contributed by atoms with van der Waals surface area (Å²) in [5.41, 5.74) is -0.179. The largest absolute Gasteiger partial charge is 0.380 e. The standard InChI is InChI=1S/C21H21ClO6/c1-12-3-7-14(8-4-12)16(23)17(24)19-20(26,11-21(22,27)28-19)18(25)15-9-5-13(2)6-10-15/h3-10,16,19,23,26-27H,11H2,1-2H3/t16?,19-,20-,21+/m1/s1. The van der Waals surface area contributed by atoms with E-state index in [0.717, 1.165) is 11.1 Å². The molecule has 148 valence electrons. The Bertz CT molecular complexity index is 890. The van der Waals surface area contributed by atoms with Crippen molar-refractivity contribution in [1.29, 1.82) is 0 Å². The minimum atomic E-state index is -2.42. The smallest absolute Gasteiger partial charge is 0.249 e. The zero-order valence-electron chi connectivity index (χ0n) is 15.4. The van der Waals surface area contributed by atoms with Gasteiger partial charge in [-0.15, -0.1) is 0 Å². The van der Waals surface area contributed by atoms with E-state index in [-0.39, 0.29) is 11.1 Å². The number of carbonyl (C=O) groups excluding carboxylic acids is 2. The molecule has 0 saturated carbocycles. The summed E-state index contributed by atoms with van der Waals surface area (Å²) in [4.78, 5) is 25.8. The zero-order chi connectivity index (χ0) is 20.7. The van der Waals surface area contributed by atoms with Gasteiger partial charge in [0.2, 0.25) is 5.25 Å². The molecule has 1 aliphatic rings. The van der Waals surface area contributed by atoms with Crippen LogP contribution in [0.1, 0.15) is 39.6 Å². The van der Waals surface area contributed by atoms with Crippen molar-refractivity contribution in [1.82, 2.24) is 0 Å². The molecule has 0 aromatic heterocycles. The predicted octanol–water partition coefficient (Wildman–Crippen LogP) is 2.19. The summed E-state index contributed by atoms with van der Waals surface area (Å²) >= 11 is 5.81. The second kappa shape index (κ2) is 7.39. The highest BCUT2D eigenvalue weighted by molar-refractivity contribution is 6.23. The van der Waals surface area contributed by atoms with Crippen LogP contribution < -0.4 is 0 Å². The van der Waals surface area contributed by atoms with Gasteiger partial charge in [0.1, 0.15) is 6.10 Å². The van der Waals surface area contributed by atoms with Gasteiger partial charge < -0.3 is 20.1 Å². The Labute approximate surface area is 167 Å². The number of rotatable bonds is 5. The van der Waals surface area contributed by atoms with Gasteiger partial charge in [-0.05, 0) is 19.4 Å². The molecular weight excluding hydrogens is 384 g/mol. The fourth-order valence-corrected chi connectivity index (χ4v) is 3.54. The lowest BCUT2D eigenvalue weighted by molar-refractivity contribution is -0.164. The monoisotopic (exact) mass is 404 g/mol. The Morgan fingerprint density at radius 2 is 1.54 bits per heavy atom. The quantitative estimate of drug-likeness (QED) is 0.521. The second-order valence-corrected chi connectivity index (χ2v) is 7.79. The van der Waals surface area contributed by atoms with Crippen LogP contribution in [0.25, 0.3) is 0 Å². The van der Waals surface area contributed by atoms with Crippen molar-refractivity contribution in [2.24, 2.45) is 0 Å². The highest BCUT2D eigenvalue weighted by atomic mass is 35.5. The predicted molar refractivity (Wildman–Crippen MR) is 102 cm³/mol. The maximum absolute atomic E-state index is 13.0. The molecule has 0 radical (unpaired) electrons. The van der Waals surface area contributed by atoms with Crippen molar-refractivity contribution < 1.29 is 29.6 Å². The SMILES string of the molecule is Cc1ccc(C(=O)[C@]2(O)C[C@@](O)(Cl)O[C@@H]2C(=O)C(O)c2ccc(C)cc2)cc1. The Morgan fingerprint density at radius 3 is 2.07 bits per heavy atom. The summed E-state index contributed by atoms with van der Waals surface area (Å²) in [7, 11) is 0. The zero-order valence-corrected chi connectivity index (χ0v) is 16.2. The molecule has 1 unspecified atom stereocenters. The Morgan fingerprint density at radius 1 is 1.04 bits per heavy atom. The highest BCUT2D eigenvalue weighted by Gasteiger charge is 2.62. The molecule has 2 aromatic carbocycles. The summed E-state index contributed by atoms with van der Waals surface area (Å²) in [5.74, 6) is -1.79. The average molecular weight is 405 g/mol. The van der Waals surface area contributed by atoms with Gasteiger partial charge in [-0.3, -0.25) is 9.59 Å².